The molecule has 2 amide bonds. The highest BCUT2D eigenvalue weighted by Crippen LogP contribution is 2.23. The summed E-state index contributed by atoms with van der Waals surface area (Å²) in [5, 5.41) is 0.614. The number of likely N-dealkylation sites (tertiary alicyclic amines) is 1. The van der Waals surface area contributed by atoms with Crippen molar-refractivity contribution in [1.29, 1.82) is 0 Å². The van der Waals surface area contributed by atoms with Gasteiger partial charge in [0, 0.05) is 35.8 Å². The van der Waals surface area contributed by atoms with E-state index in [1.54, 1.807) is 41.3 Å². The monoisotopic (exact) mass is 428 g/mol. The second kappa shape index (κ2) is 9.49. The maximum atomic E-state index is 12.8. The third-order valence-corrected chi connectivity index (χ3v) is 5.82. The zero-order chi connectivity index (χ0) is 20.9. The normalized spacial score (nSPS) is 19.0. The molecule has 0 bridgehead atoms. The van der Waals surface area contributed by atoms with Crippen LogP contribution in [0.2, 0.25) is 5.02 Å². The SMILES string of the molecule is O=C(c1ccc(OC[C@H]2CCCN2C(=O)c2ccc(Cl)cc2)cc1)N1CCOCC1. The van der Waals surface area contributed by atoms with Crippen LogP contribution in [0.5, 0.6) is 5.75 Å². The molecule has 0 aliphatic carbocycles. The summed E-state index contributed by atoms with van der Waals surface area (Å²) >= 11 is 5.92. The number of hydrogen-bond donors (Lipinski definition) is 0. The Morgan fingerprint density at radius 3 is 2.27 bits per heavy atom. The molecule has 0 unspecified atom stereocenters. The number of carbonyl (C=O) groups excluding carboxylic acids is 2. The van der Waals surface area contributed by atoms with Crippen LogP contribution in [0.3, 0.4) is 0 Å². The highest BCUT2D eigenvalue weighted by atomic mass is 35.5. The van der Waals surface area contributed by atoms with Gasteiger partial charge in [-0.2, -0.15) is 0 Å². The summed E-state index contributed by atoms with van der Waals surface area (Å²) < 4.78 is 11.2. The molecule has 158 valence electrons. The van der Waals surface area contributed by atoms with Crippen LogP contribution in [-0.2, 0) is 4.74 Å². The molecule has 2 saturated heterocycles. The molecule has 1 atom stereocenters. The molecular weight excluding hydrogens is 404 g/mol. The van der Waals surface area contributed by atoms with Gasteiger partial charge in [-0.1, -0.05) is 11.6 Å². The first-order valence-corrected chi connectivity index (χ1v) is 10.7. The summed E-state index contributed by atoms with van der Waals surface area (Å²) in [5.74, 6) is 0.712. The van der Waals surface area contributed by atoms with Gasteiger partial charge in [0.15, 0.2) is 0 Å². The largest absolute Gasteiger partial charge is 0.491 e. The maximum Gasteiger partial charge on any atom is 0.254 e. The van der Waals surface area contributed by atoms with E-state index in [1.165, 1.54) is 0 Å². The van der Waals surface area contributed by atoms with Gasteiger partial charge in [0.05, 0.1) is 19.3 Å². The molecule has 2 aromatic carbocycles. The van der Waals surface area contributed by atoms with Crippen LogP contribution in [0, 0.1) is 0 Å². The fourth-order valence-electron chi connectivity index (χ4n) is 3.87. The van der Waals surface area contributed by atoms with Crippen LogP contribution in [-0.4, -0.2) is 67.1 Å². The van der Waals surface area contributed by atoms with Gasteiger partial charge in [0.2, 0.25) is 0 Å². The summed E-state index contributed by atoms with van der Waals surface area (Å²) in [7, 11) is 0. The van der Waals surface area contributed by atoms with Gasteiger partial charge in [-0.3, -0.25) is 9.59 Å². The highest BCUT2D eigenvalue weighted by Gasteiger charge is 2.30. The minimum atomic E-state index is 0.00391. The summed E-state index contributed by atoms with van der Waals surface area (Å²) in [5.41, 5.74) is 1.28. The van der Waals surface area contributed by atoms with Gasteiger partial charge in [-0.25, -0.2) is 0 Å². The van der Waals surface area contributed by atoms with Gasteiger partial charge in [0.25, 0.3) is 11.8 Å². The standard InChI is InChI=1S/C23H25ClN2O4/c24-19-7-3-18(4-8-19)23(28)26-11-1-2-20(26)16-30-21-9-5-17(6-10-21)22(27)25-12-14-29-15-13-25/h3-10,20H,1-2,11-16H2/t20-/m1/s1. The molecule has 0 saturated carbocycles. The number of benzene rings is 2. The predicted octanol–water partition coefficient (Wildman–Crippen LogP) is 3.50. The molecule has 2 heterocycles. The van der Waals surface area contributed by atoms with E-state index < -0.39 is 0 Å². The van der Waals surface area contributed by atoms with E-state index in [-0.39, 0.29) is 17.9 Å². The highest BCUT2D eigenvalue weighted by molar-refractivity contribution is 6.30. The van der Waals surface area contributed by atoms with Gasteiger partial charge in [0.1, 0.15) is 12.4 Å². The molecule has 30 heavy (non-hydrogen) atoms. The van der Waals surface area contributed by atoms with Crippen molar-refractivity contribution in [3.63, 3.8) is 0 Å². The molecule has 0 spiro atoms. The molecule has 0 aromatic heterocycles. The quantitative estimate of drug-likeness (QED) is 0.731. The number of ether oxygens (including phenoxy) is 2. The lowest BCUT2D eigenvalue weighted by Crippen LogP contribution is -2.40. The predicted molar refractivity (Wildman–Crippen MR) is 114 cm³/mol. The summed E-state index contributed by atoms with van der Waals surface area (Å²) in [6.07, 6.45) is 1.87. The van der Waals surface area contributed by atoms with Gasteiger partial charge < -0.3 is 19.3 Å². The number of rotatable bonds is 5. The lowest BCUT2D eigenvalue weighted by atomic mass is 10.1. The number of amides is 2. The van der Waals surface area contributed by atoms with Crippen molar-refractivity contribution >= 4 is 23.4 Å². The van der Waals surface area contributed by atoms with E-state index in [1.807, 2.05) is 17.0 Å². The number of nitrogens with zero attached hydrogens (tertiary/aromatic N) is 2. The average Bonchev–Trinajstić information content (AvgIpc) is 3.27. The third kappa shape index (κ3) is 4.77. The first kappa shape index (κ1) is 20.7. The van der Waals surface area contributed by atoms with Crippen molar-refractivity contribution in [3.05, 3.63) is 64.7 Å². The Morgan fingerprint density at radius 1 is 0.933 bits per heavy atom. The van der Waals surface area contributed by atoms with Crippen LogP contribution in [0.15, 0.2) is 48.5 Å². The van der Waals surface area contributed by atoms with Crippen molar-refractivity contribution in [2.24, 2.45) is 0 Å². The lowest BCUT2D eigenvalue weighted by molar-refractivity contribution is 0.0303. The Labute approximate surface area is 181 Å². The Morgan fingerprint density at radius 2 is 1.57 bits per heavy atom. The van der Waals surface area contributed by atoms with Gasteiger partial charge in [-0.15, -0.1) is 0 Å². The van der Waals surface area contributed by atoms with Crippen LogP contribution < -0.4 is 4.74 Å². The number of carbonyl (C=O) groups is 2. The minimum absolute atomic E-state index is 0.00391. The van der Waals surface area contributed by atoms with E-state index in [9.17, 15) is 9.59 Å². The molecule has 4 rings (SSSR count). The third-order valence-electron chi connectivity index (χ3n) is 5.57. The van der Waals surface area contributed by atoms with Crippen LogP contribution in [0.25, 0.3) is 0 Å². The van der Waals surface area contributed by atoms with Crippen LogP contribution in [0.4, 0.5) is 0 Å². The van der Waals surface area contributed by atoms with E-state index in [0.29, 0.717) is 54.8 Å². The van der Waals surface area contributed by atoms with Gasteiger partial charge >= 0.3 is 0 Å². The van der Waals surface area contributed by atoms with Crippen molar-refractivity contribution < 1.29 is 19.1 Å². The van der Waals surface area contributed by atoms with E-state index in [4.69, 9.17) is 21.1 Å². The minimum Gasteiger partial charge on any atom is -0.491 e. The molecule has 2 aliphatic heterocycles. The van der Waals surface area contributed by atoms with Crippen molar-refractivity contribution in [2.45, 2.75) is 18.9 Å². The lowest BCUT2D eigenvalue weighted by Gasteiger charge is -2.27. The molecule has 0 radical (unpaired) electrons. The molecular formula is C23H25ClN2O4. The summed E-state index contributed by atoms with van der Waals surface area (Å²) in [6.45, 7) is 3.56. The first-order chi connectivity index (χ1) is 14.6. The molecule has 2 aliphatic rings. The number of halogens is 1. The Bertz CT molecular complexity index is 879. The Kier molecular flexibility index (Phi) is 6.55. The topological polar surface area (TPSA) is 59.1 Å². The Hall–Kier alpha value is -2.57. The zero-order valence-electron chi connectivity index (χ0n) is 16.8. The molecule has 0 N–H and O–H groups in total. The van der Waals surface area contributed by atoms with Crippen molar-refractivity contribution in [2.75, 3.05) is 39.5 Å². The molecule has 6 nitrogen and oxygen atoms in total. The molecule has 2 fully saturated rings. The summed E-state index contributed by atoms with van der Waals surface area (Å²) in [6, 6.07) is 14.2. The van der Waals surface area contributed by atoms with Crippen molar-refractivity contribution in [1.82, 2.24) is 9.80 Å². The van der Waals surface area contributed by atoms with Gasteiger partial charge in [-0.05, 0) is 61.4 Å². The van der Waals surface area contributed by atoms with E-state index >= 15 is 0 Å². The van der Waals surface area contributed by atoms with E-state index in [0.717, 1.165) is 19.4 Å². The van der Waals surface area contributed by atoms with Crippen molar-refractivity contribution in [3.8, 4) is 5.75 Å². The number of hydrogen-bond acceptors (Lipinski definition) is 4. The fraction of sp³-hybridized carbons (Fsp3) is 0.391. The smallest absolute Gasteiger partial charge is 0.254 e. The van der Waals surface area contributed by atoms with Crippen LogP contribution >= 0.6 is 11.6 Å². The second-order valence-corrected chi connectivity index (χ2v) is 7.98. The van der Waals surface area contributed by atoms with Crippen LogP contribution in [0.1, 0.15) is 33.6 Å². The molecule has 7 heteroatoms. The Balaban J connectivity index is 1.34. The molecule has 2 aromatic rings. The maximum absolute atomic E-state index is 12.8. The van der Waals surface area contributed by atoms with E-state index in [2.05, 4.69) is 0 Å². The first-order valence-electron chi connectivity index (χ1n) is 10.3. The average molecular weight is 429 g/mol. The second-order valence-electron chi connectivity index (χ2n) is 7.54. The number of morpholine rings is 1. The zero-order valence-corrected chi connectivity index (χ0v) is 17.5. The fourth-order valence-corrected chi connectivity index (χ4v) is 4.00. The summed E-state index contributed by atoms with van der Waals surface area (Å²) in [4.78, 5) is 29.0.